The molecule has 0 fully saturated rings. The highest BCUT2D eigenvalue weighted by Crippen LogP contribution is 2.42. The molecule has 0 saturated heterocycles. The summed E-state index contributed by atoms with van der Waals surface area (Å²) >= 11 is 0. The first kappa shape index (κ1) is 23.4. The topological polar surface area (TPSA) is 93.5 Å². The number of benzene rings is 1. The van der Waals surface area contributed by atoms with Crippen molar-refractivity contribution in [3.05, 3.63) is 39.3 Å². The van der Waals surface area contributed by atoms with Crippen molar-refractivity contribution in [1.29, 1.82) is 0 Å². The van der Waals surface area contributed by atoms with Crippen LogP contribution in [0.4, 0.5) is 0 Å². The van der Waals surface area contributed by atoms with Crippen LogP contribution in [0.1, 0.15) is 57.6 Å². The maximum Gasteiger partial charge on any atom is 0.231 e. The van der Waals surface area contributed by atoms with E-state index in [1.165, 1.54) is 0 Å². The molecule has 1 aliphatic heterocycles. The number of ether oxygens (including phenoxy) is 2. The van der Waals surface area contributed by atoms with Crippen LogP contribution >= 0.6 is 0 Å². The zero-order valence-corrected chi connectivity index (χ0v) is 20.3. The smallest absolute Gasteiger partial charge is 0.231 e. The molecule has 0 atom stereocenters. The third-order valence-corrected chi connectivity index (χ3v) is 11.1. The Morgan fingerprint density at radius 1 is 1.16 bits per heavy atom. The van der Waals surface area contributed by atoms with E-state index in [9.17, 15) is 4.79 Å². The average molecular weight is 444 g/mol. The lowest BCUT2D eigenvalue weighted by molar-refractivity contribution is -0.113. The molecule has 0 aromatic heterocycles. The Bertz CT molecular complexity index is 927. The normalized spacial score (nSPS) is 16.1. The largest absolute Gasteiger partial charge is 0.454 e. The first-order valence-corrected chi connectivity index (χ1v) is 13.9. The van der Waals surface area contributed by atoms with E-state index in [2.05, 4.69) is 43.9 Å². The van der Waals surface area contributed by atoms with Crippen molar-refractivity contribution in [2.75, 3.05) is 19.9 Å². The third kappa shape index (κ3) is 5.32. The molecule has 0 unspecified atom stereocenters. The summed E-state index contributed by atoms with van der Waals surface area (Å²) < 4.78 is 17.6. The first-order valence-electron chi connectivity index (χ1n) is 11.0. The van der Waals surface area contributed by atoms with Crippen molar-refractivity contribution < 1.29 is 18.7 Å². The van der Waals surface area contributed by atoms with E-state index in [1.54, 1.807) is 0 Å². The molecule has 0 radical (unpaired) electrons. The second kappa shape index (κ2) is 9.47. The van der Waals surface area contributed by atoms with Gasteiger partial charge in [-0.25, -0.2) is 0 Å². The van der Waals surface area contributed by atoms with Crippen LogP contribution in [-0.4, -0.2) is 34.0 Å². The van der Waals surface area contributed by atoms with E-state index in [4.69, 9.17) is 19.4 Å². The number of azide groups is 1. The number of nitrogens with zero attached hydrogens (tertiary/aromatic N) is 3. The van der Waals surface area contributed by atoms with E-state index in [0.717, 1.165) is 47.3 Å². The van der Waals surface area contributed by atoms with Crippen molar-refractivity contribution in [2.45, 2.75) is 71.0 Å². The summed E-state index contributed by atoms with van der Waals surface area (Å²) in [4.78, 5) is 15.7. The van der Waals surface area contributed by atoms with Gasteiger partial charge in [0.1, 0.15) is 0 Å². The Hall–Kier alpha value is -2.28. The Morgan fingerprint density at radius 3 is 2.55 bits per heavy atom. The molecule has 0 saturated carbocycles. The Morgan fingerprint density at radius 2 is 1.87 bits per heavy atom. The maximum absolute atomic E-state index is 12.9. The van der Waals surface area contributed by atoms with Crippen LogP contribution in [0.2, 0.25) is 18.1 Å². The molecule has 8 heteroatoms. The lowest BCUT2D eigenvalue weighted by Crippen LogP contribution is -2.41. The van der Waals surface area contributed by atoms with Gasteiger partial charge in [-0.05, 0) is 72.6 Å². The minimum Gasteiger partial charge on any atom is -0.454 e. The average Bonchev–Trinajstić information content (AvgIpc) is 3.29. The lowest BCUT2D eigenvalue weighted by atomic mass is 9.92. The minimum atomic E-state index is -1.86. The van der Waals surface area contributed by atoms with Crippen LogP contribution in [0.25, 0.3) is 16.0 Å². The van der Waals surface area contributed by atoms with Crippen molar-refractivity contribution in [1.82, 2.24) is 0 Å². The van der Waals surface area contributed by atoms with Crippen LogP contribution in [0.5, 0.6) is 11.5 Å². The van der Waals surface area contributed by atoms with Gasteiger partial charge in [0, 0.05) is 30.1 Å². The van der Waals surface area contributed by atoms with Gasteiger partial charge in [0.25, 0.3) is 0 Å². The van der Waals surface area contributed by atoms with Gasteiger partial charge >= 0.3 is 0 Å². The molecule has 1 aliphatic carbocycles. The quantitative estimate of drug-likeness (QED) is 0.150. The summed E-state index contributed by atoms with van der Waals surface area (Å²) in [7, 11) is -1.86. The predicted octanol–water partition coefficient (Wildman–Crippen LogP) is 6.19. The molecule has 1 aromatic rings. The number of fused-ring (bicyclic) bond motifs is 1. The van der Waals surface area contributed by atoms with Crippen LogP contribution < -0.4 is 9.47 Å². The van der Waals surface area contributed by atoms with E-state index < -0.39 is 8.32 Å². The van der Waals surface area contributed by atoms with Gasteiger partial charge in [-0.3, -0.25) is 4.79 Å². The van der Waals surface area contributed by atoms with E-state index in [-0.39, 0.29) is 17.6 Å². The van der Waals surface area contributed by atoms with Crippen LogP contribution in [-0.2, 0) is 15.6 Å². The summed E-state index contributed by atoms with van der Waals surface area (Å²) in [6.45, 7) is 12.4. The van der Waals surface area contributed by atoms with E-state index in [1.807, 2.05) is 12.1 Å². The molecule has 0 amide bonds. The molecule has 31 heavy (non-hydrogen) atoms. The van der Waals surface area contributed by atoms with Crippen LogP contribution in [0.15, 0.2) is 22.8 Å². The zero-order valence-electron chi connectivity index (χ0n) is 19.3. The molecule has 0 spiro atoms. The lowest BCUT2D eigenvalue weighted by Gasteiger charge is -2.36. The number of Topliss-reactive ketones (excluding diaryl/α,β-unsaturated/α-hetero) is 1. The summed E-state index contributed by atoms with van der Waals surface area (Å²) in [6, 6.07) is 3.96. The van der Waals surface area contributed by atoms with Crippen LogP contribution in [0, 0.1) is 0 Å². The molecule has 0 bridgehead atoms. The van der Waals surface area contributed by atoms with Crippen LogP contribution in [0.3, 0.4) is 0 Å². The van der Waals surface area contributed by atoms with Gasteiger partial charge < -0.3 is 13.9 Å². The molecule has 3 rings (SSSR count). The van der Waals surface area contributed by atoms with Gasteiger partial charge in [-0.15, -0.1) is 0 Å². The molecule has 7 nitrogen and oxygen atoms in total. The minimum absolute atomic E-state index is 0.147. The molecule has 1 heterocycles. The fraction of sp³-hybridized carbons (Fsp3) is 0.609. The Balaban J connectivity index is 1.88. The molecule has 1 aromatic carbocycles. The van der Waals surface area contributed by atoms with E-state index >= 15 is 0 Å². The Labute approximate surface area is 185 Å². The van der Waals surface area contributed by atoms with Crippen molar-refractivity contribution in [3.8, 4) is 11.5 Å². The van der Waals surface area contributed by atoms with Crippen molar-refractivity contribution in [2.24, 2.45) is 5.11 Å². The number of allylic oxidation sites excluding steroid dienone is 2. The van der Waals surface area contributed by atoms with Gasteiger partial charge in [-0.2, -0.15) is 0 Å². The second-order valence-corrected chi connectivity index (χ2v) is 14.5. The summed E-state index contributed by atoms with van der Waals surface area (Å²) in [6.07, 6.45) is 3.50. The highest BCUT2D eigenvalue weighted by atomic mass is 28.4. The highest BCUT2D eigenvalue weighted by Gasteiger charge is 2.37. The molecule has 2 aliphatic rings. The third-order valence-electron chi connectivity index (χ3n) is 6.59. The number of hydrogen-bond donors (Lipinski definition) is 0. The summed E-state index contributed by atoms with van der Waals surface area (Å²) in [5, 5.41) is 3.77. The van der Waals surface area contributed by atoms with Gasteiger partial charge in [0.2, 0.25) is 6.79 Å². The number of ketones is 1. The molecular formula is C23H33N3O4Si. The van der Waals surface area contributed by atoms with Gasteiger partial charge in [0.15, 0.2) is 25.6 Å². The molecule has 168 valence electrons. The number of carbonyl (C=O) groups is 1. The zero-order chi connectivity index (χ0) is 22.6. The monoisotopic (exact) mass is 443 g/mol. The number of hydrogen-bond acceptors (Lipinski definition) is 5. The molecule has 0 N–H and O–H groups in total. The number of carbonyl (C=O) groups excluding carboxylic acids is 1. The highest BCUT2D eigenvalue weighted by molar-refractivity contribution is 6.74. The summed E-state index contributed by atoms with van der Waals surface area (Å²) in [5.41, 5.74) is 12.4. The van der Waals surface area contributed by atoms with Gasteiger partial charge in [0.05, 0.1) is 0 Å². The fourth-order valence-electron chi connectivity index (χ4n) is 3.77. The molecular weight excluding hydrogens is 410 g/mol. The predicted molar refractivity (Wildman–Crippen MR) is 124 cm³/mol. The SMILES string of the molecule is CC(C)(C)[Si](C)(C)OCCc1cc2c(cc1C1=C(CCCN=[N+]=[N-])CCC1=O)OCO2. The van der Waals surface area contributed by atoms with Crippen molar-refractivity contribution >= 4 is 19.7 Å². The Kier molecular flexibility index (Phi) is 7.14. The standard InChI is InChI=1S/C23H33N3O4Si/c1-23(2,3)31(4,5)30-12-10-17-13-20-21(29-15-28-20)14-18(17)22-16(8-9-19(22)27)7-6-11-25-26-24/h13-14H,6-12,15H2,1-5H3. The maximum atomic E-state index is 12.9. The number of rotatable bonds is 9. The van der Waals surface area contributed by atoms with E-state index in [0.29, 0.717) is 31.7 Å². The van der Waals surface area contributed by atoms with Crippen molar-refractivity contribution in [3.63, 3.8) is 0 Å². The van der Waals surface area contributed by atoms with Gasteiger partial charge in [-0.1, -0.05) is 31.5 Å². The summed E-state index contributed by atoms with van der Waals surface area (Å²) in [5.74, 6) is 1.58. The second-order valence-electron chi connectivity index (χ2n) is 9.68. The fourth-order valence-corrected chi connectivity index (χ4v) is 4.81. The first-order chi connectivity index (χ1) is 14.6.